The maximum absolute atomic E-state index is 11.3. The van der Waals surface area contributed by atoms with E-state index >= 15 is 0 Å². The summed E-state index contributed by atoms with van der Waals surface area (Å²) in [6.07, 6.45) is 2.04. The van der Waals surface area contributed by atoms with Crippen LogP contribution in [0.15, 0.2) is 41.3 Å². The van der Waals surface area contributed by atoms with Gasteiger partial charge in [0.05, 0.1) is 0 Å². The van der Waals surface area contributed by atoms with Gasteiger partial charge < -0.3 is 10.3 Å². The van der Waals surface area contributed by atoms with Crippen LogP contribution in [0.2, 0.25) is 0 Å². The fourth-order valence-electron chi connectivity index (χ4n) is 2.55. The number of hydrogen-bond acceptors (Lipinski definition) is 2. The molecular weight excluding hydrogens is 267 g/mol. The average Bonchev–Trinajstić information content (AvgIpc) is 2.71. The quantitative estimate of drug-likeness (QED) is 0.587. The van der Waals surface area contributed by atoms with Crippen LogP contribution in [0.4, 0.5) is 0 Å². The highest BCUT2D eigenvalue weighted by Crippen LogP contribution is 2.31. The number of aromatic nitrogens is 1. The van der Waals surface area contributed by atoms with Crippen molar-refractivity contribution in [1.29, 1.82) is 0 Å². The predicted molar refractivity (Wildman–Crippen MR) is 85.8 cm³/mol. The molecule has 0 saturated carbocycles. The summed E-state index contributed by atoms with van der Waals surface area (Å²) in [5, 5.41) is 2.15. The molecule has 3 aromatic rings. The molecule has 0 aliphatic carbocycles. The van der Waals surface area contributed by atoms with E-state index in [0.717, 1.165) is 21.8 Å². The molecule has 1 aromatic heterocycles. The molecule has 2 radical (unpaired) electrons. The van der Waals surface area contributed by atoms with Gasteiger partial charge in [0.1, 0.15) is 14.4 Å². The van der Waals surface area contributed by atoms with Crippen molar-refractivity contribution >= 4 is 52.8 Å². The molecule has 0 atom stereocenters. The number of thioether (sulfide) groups is 1. The summed E-state index contributed by atoms with van der Waals surface area (Å²) in [5.41, 5.74) is 8.06. The van der Waals surface area contributed by atoms with Crippen molar-refractivity contribution in [3.63, 3.8) is 0 Å². The zero-order valence-corrected chi connectivity index (χ0v) is 11.9. The minimum atomic E-state index is -0.352. The molecule has 98 valence electrons. The molecule has 1 heterocycles. The van der Waals surface area contributed by atoms with Crippen LogP contribution in [-0.2, 0) is 11.3 Å². The van der Waals surface area contributed by atoms with E-state index in [0.29, 0.717) is 5.46 Å². The van der Waals surface area contributed by atoms with Gasteiger partial charge in [-0.2, -0.15) is 0 Å². The monoisotopic (exact) mass is 280 g/mol. The van der Waals surface area contributed by atoms with Crippen molar-refractivity contribution in [2.75, 3.05) is 6.26 Å². The summed E-state index contributed by atoms with van der Waals surface area (Å²) in [5.74, 6) is -0.352. The topological polar surface area (TPSA) is 48.0 Å². The fourth-order valence-corrected chi connectivity index (χ4v) is 2.99. The summed E-state index contributed by atoms with van der Waals surface area (Å²) in [6.45, 7) is 0.169. The van der Waals surface area contributed by atoms with Crippen LogP contribution in [0, 0.1) is 0 Å². The maximum Gasteiger partial charge on any atom is 0.237 e. The molecule has 3 nitrogen and oxygen atoms in total. The Kier molecular flexibility index (Phi) is 3.22. The molecule has 0 aliphatic heterocycles. The Morgan fingerprint density at radius 3 is 2.50 bits per heavy atom. The minimum Gasteiger partial charge on any atom is -0.368 e. The van der Waals surface area contributed by atoms with Gasteiger partial charge >= 0.3 is 0 Å². The Bertz CT molecular complexity index is 825. The van der Waals surface area contributed by atoms with E-state index in [1.807, 2.05) is 41.2 Å². The third-order valence-corrected chi connectivity index (χ3v) is 4.14. The summed E-state index contributed by atoms with van der Waals surface area (Å²) in [7, 11) is 5.89. The van der Waals surface area contributed by atoms with Gasteiger partial charge in [0.2, 0.25) is 5.91 Å². The van der Waals surface area contributed by atoms with E-state index in [4.69, 9.17) is 13.6 Å². The van der Waals surface area contributed by atoms with E-state index in [1.54, 1.807) is 11.8 Å². The highest BCUT2D eigenvalue weighted by Gasteiger charge is 2.12. The lowest BCUT2D eigenvalue weighted by Gasteiger charge is -2.04. The first-order chi connectivity index (χ1) is 9.60. The zero-order valence-electron chi connectivity index (χ0n) is 11.1. The van der Waals surface area contributed by atoms with Crippen molar-refractivity contribution in [3.05, 3.63) is 36.4 Å². The van der Waals surface area contributed by atoms with E-state index in [-0.39, 0.29) is 12.5 Å². The number of hydrogen-bond donors (Lipinski definition) is 1. The molecule has 2 aromatic carbocycles. The van der Waals surface area contributed by atoms with Gasteiger partial charge in [-0.25, -0.2) is 0 Å². The molecule has 5 heteroatoms. The van der Waals surface area contributed by atoms with E-state index < -0.39 is 0 Å². The number of rotatable bonds is 3. The molecule has 0 unspecified atom stereocenters. The van der Waals surface area contributed by atoms with Gasteiger partial charge in [-0.1, -0.05) is 17.6 Å². The summed E-state index contributed by atoms with van der Waals surface area (Å²) in [4.78, 5) is 12.5. The van der Waals surface area contributed by atoms with Crippen molar-refractivity contribution in [2.45, 2.75) is 11.4 Å². The number of nitrogens with zero attached hydrogens (tertiary/aromatic N) is 1. The van der Waals surface area contributed by atoms with Crippen molar-refractivity contribution in [2.24, 2.45) is 5.73 Å². The third-order valence-electron chi connectivity index (χ3n) is 3.41. The van der Waals surface area contributed by atoms with Crippen LogP contribution in [0.3, 0.4) is 0 Å². The van der Waals surface area contributed by atoms with Crippen LogP contribution >= 0.6 is 11.8 Å². The Morgan fingerprint density at radius 2 is 1.85 bits per heavy atom. The first-order valence-corrected chi connectivity index (χ1v) is 7.46. The van der Waals surface area contributed by atoms with Gasteiger partial charge in [0.15, 0.2) is 0 Å². The fraction of sp³-hybridized carbons (Fsp3) is 0.133. The highest BCUT2D eigenvalue weighted by atomic mass is 32.2. The van der Waals surface area contributed by atoms with Gasteiger partial charge in [-0.3, -0.25) is 4.79 Å². The predicted octanol–water partition coefficient (Wildman–Crippen LogP) is 1.80. The number of primary amides is 1. The van der Waals surface area contributed by atoms with Crippen molar-refractivity contribution in [1.82, 2.24) is 4.57 Å². The molecule has 0 fully saturated rings. The summed E-state index contributed by atoms with van der Waals surface area (Å²) in [6, 6.07) is 11.9. The van der Waals surface area contributed by atoms with Crippen LogP contribution in [-0.4, -0.2) is 24.6 Å². The highest BCUT2D eigenvalue weighted by molar-refractivity contribution is 7.98. The van der Waals surface area contributed by atoms with E-state index in [9.17, 15) is 4.79 Å². The standard InChI is InChI=1S/C15H13BN2OS/c1-20-10-3-5-14-12(7-10)11-6-9(16)2-4-13(11)18(14)8-15(17)19/h2-7H,8H2,1H3,(H2,17,19). The van der Waals surface area contributed by atoms with Crippen LogP contribution in [0.1, 0.15) is 0 Å². The zero-order chi connectivity index (χ0) is 14.3. The molecule has 3 rings (SSSR count). The number of carbonyl (C=O) groups excluding carboxylic acids is 1. The maximum atomic E-state index is 11.3. The average molecular weight is 280 g/mol. The smallest absolute Gasteiger partial charge is 0.237 e. The van der Waals surface area contributed by atoms with Crippen molar-refractivity contribution in [3.8, 4) is 0 Å². The van der Waals surface area contributed by atoms with E-state index in [2.05, 4.69) is 6.07 Å². The third kappa shape index (κ3) is 2.08. The lowest BCUT2D eigenvalue weighted by molar-refractivity contribution is -0.118. The summed E-state index contributed by atoms with van der Waals surface area (Å²) >= 11 is 1.69. The number of carbonyl (C=O) groups is 1. The van der Waals surface area contributed by atoms with Crippen LogP contribution in [0.25, 0.3) is 21.8 Å². The number of amides is 1. The number of benzene rings is 2. The van der Waals surface area contributed by atoms with Crippen molar-refractivity contribution < 1.29 is 4.79 Å². The minimum absolute atomic E-state index is 0.169. The first kappa shape index (κ1) is 13.1. The Hall–Kier alpha value is -1.88. The second-order valence-electron chi connectivity index (χ2n) is 4.71. The largest absolute Gasteiger partial charge is 0.368 e. The van der Waals surface area contributed by atoms with Gasteiger partial charge in [0, 0.05) is 26.7 Å². The molecule has 20 heavy (non-hydrogen) atoms. The normalized spacial score (nSPS) is 11.2. The van der Waals surface area contributed by atoms with Crippen LogP contribution < -0.4 is 11.2 Å². The SMILES string of the molecule is [B]c1ccc2c(c1)c1cc(SC)ccc1n2CC(N)=O. The first-order valence-electron chi connectivity index (χ1n) is 6.24. The second-order valence-corrected chi connectivity index (χ2v) is 5.59. The molecule has 1 amide bonds. The van der Waals surface area contributed by atoms with Gasteiger partial charge in [-0.05, 0) is 30.5 Å². The van der Waals surface area contributed by atoms with Crippen LogP contribution in [0.5, 0.6) is 0 Å². The molecule has 0 spiro atoms. The Balaban J connectivity index is 2.42. The second kappa shape index (κ2) is 4.91. The molecule has 0 saturated heterocycles. The number of fused-ring (bicyclic) bond motifs is 3. The molecule has 0 aliphatic rings. The lowest BCUT2D eigenvalue weighted by Crippen LogP contribution is -2.18. The Morgan fingerprint density at radius 1 is 1.20 bits per heavy atom. The molecular formula is C15H13BN2OS. The Labute approximate surface area is 122 Å². The summed E-state index contributed by atoms with van der Waals surface area (Å²) < 4.78 is 1.94. The van der Waals surface area contributed by atoms with Gasteiger partial charge in [0.25, 0.3) is 0 Å². The number of nitrogens with two attached hydrogens (primary N) is 1. The molecule has 0 bridgehead atoms. The molecule has 2 N–H and O–H groups in total. The lowest BCUT2D eigenvalue weighted by atomic mass is 9.94. The van der Waals surface area contributed by atoms with Gasteiger partial charge in [-0.15, -0.1) is 11.8 Å². The van der Waals surface area contributed by atoms with E-state index in [1.165, 1.54) is 4.90 Å².